The number of amides is 1. The Bertz CT molecular complexity index is 774. The second-order valence-corrected chi connectivity index (χ2v) is 6.92. The van der Waals surface area contributed by atoms with E-state index in [9.17, 15) is 9.59 Å². The fourth-order valence-corrected chi connectivity index (χ4v) is 2.95. The predicted octanol–water partition coefficient (Wildman–Crippen LogP) is 4.99. The van der Waals surface area contributed by atoms with Crippen LogP contribution in [0.15, 0.2) is 46.9 Å². The fraction of sp³-hybridized carbons (Fsp3) is 0.333. The van der Waals surface area contributed by atoms with Crippen molar-refractivity contribution in [1.82, 2.24) is 0 Å². The zero-order valence-electron chi connectivity index (χ0n) is 15.6. The summed E-state index contributed by atoms with van der Waals surface area (Å²) in [4.78, 5) is 23.8. The van der Waals surface area contributed by atoms with Crippen LogP contribution in [0.3, 0.4) is 0 Å². The number of hydrogen-bond donors (Lipinski definition) is 1. The number of halogens is 1. The molecule has 0 spiro atoms. The van der Waals surface area contributed by atoms with Crippen LogP contribution in [0.2, 0.25) is 0 Å². The van der Waals surface area contributed by atoms with Crippen LogP contribution >= 0.6 is 15.9 Å². The highest BCUT2D eigenvalue weighted by molar-refractivity contribution is 9.10. The molecule has 1 amide bonds. The summed E-state index contributed by atoms with van der Waals surface area (Å²) >= 11 is 3.47. The highest BCUT2D eigenvalue weighted by Crippen LogP contribution is 2.26. The van der Waals surface area contributed by atoms with E-state index in [1.807, 2.05) is 25.1 Å². The zero-order chi connectivity index (χ0) is 19.6. The molecule has 0 saturated carbocycles. The van der Waals surface area contributed by atoms with Crippen molar-refractivity contribution < 1.29 is 19.1 Å². The first-order chi connectivity index (χ1) is 13.0. The van der Waals surface area contributed by atoms with Crippen LogP contribution in [0.4, 0.5) is 5.69 Å². The van der Waals surface area contributed by atoms with E-state index in [2.05, 4.69) is 28.2 Å². The van der Waals surface area contributed by atoms with Gasteiger partial charge in [-0.05, 0) is 70.7 Å². The summed E-state index contributed by atoms with van der Waals surface area (Å²) in [5, 5.41) is 2.74. The van der Waals surface area contributed by atoms with Crippen LogP contribution in [0, 0.1) is 0 Å². The van der Waals surface area contributed by atoms with E-state index in [-0.39, 0.29) is 18.5 Å². The van der Waals surface area contributed by atoms with Gasteiger partial charge in [-0.15, -0.1) is 0 Å². The number of carbonyl (C=O) groups excluding carboxylic acids is 2. The van der Waals surface area contributed by atoms with Gasteiger partial charge in [0.25, 0.3) is 5.91 Å². The first-order valence-electron chi connectivity index (χ1n) is 9.01. The summed E-state index contributed by atoms with van der Waals surface area (Å²) in [5.41, 5.74) is 2.26. The largest absolute Gasteiger partial charge is 0.483 e. The molecule has 0 atom stereocenters. The van der Waals surface area contributed by atoms with E-state index >= 15 is 0 Å². The van der Waals surface area contributed by atoms with Crippen molar-refractivity contribution in [2.24, 2.45) is 0 Å². The molecule has 0 radical (unpaired) electrons. The molecular weight excluding hydrogens is 410 g/mol. The molecule has 6 heteroatoms. The molecular formula is C21H24BrNO4. The summed E-state index contributed by atoms with van der Waals surface area (Å²) in [5.74, 6) is -0.0192. The number of esters is 1. The van der Waals surface area contributed by atoms with Crippen molar-refractivity contribution in [1.29, 1.82) is 0 Å². The number of nitrogens with one attached hydrogen (secondary N) is 1. The second-order valence-electron chi connectivity index (χ2n) is 6.06. The standard InChI is InChI=1S/C21H24BrNO4/c1-3-5-15-6-11-19(18(22)13-15)27-14-20(24)23-17-9-7-16(8-10-17)21(25)26-12-4-2/h6-11,13H,3-5,12,14H2,1-2H3,(H,23,24). The molecule has 0 aliphatic heterocycles. The Morgan fingerprint density at radius 1 is 1.04 bits per heavy atom. The molecule has 0 unspecified atom stereocenters. The van der Waals surface area contributed by atoms with Gasteiger partial charge in [-0.3, -0.25) is 4.79 Å². The van der Waals surface area contributed by atoms with Crippen LogP contribution in [0.5, 0.6) is 5.75 Å². The molecule has 27 heavy (non-hydrogen) atoms. The van der Waals surface area contributed by atoms with Gasteiger partial charge >= 0.3 is 5.97 Å². The number of aryl methyl sites for hydroxylation is 1. The van der Waals surface area contributed by atoms with Gasteiger partial charge in [0.15, 0.2) is 6.61 Å². The summed E-state index contributed by atoms with van der Waals surface area (Å²) in [6.07, 6.45) is 2.85. The van der Waals surface area contributed by atoms with Crippen molar-refractivity contribution in [3.63, 3.8) is 0 Å². The topological polar surface area (TPSA) is 64.6 Å². The SMILES string of the molecule is CCCOC(=O)c1ccc(NC(=O)COc2ccc(CCC)cc2Br)cc1. The quantitative estimate of drug-likeness (QED) is 0.565. The molecule has 0 aliphatic carbocycles. The van der Waals surface area contributed by atoms with Crippen LogP contribution in [-0.2, 0) is 16.0 Å². The van der Waals surface area contributed by atoms with Gasteiger partial charge in [-0.25, -0.2) is 4.79 Å². The van der Waals surface area contributed by atoms with E-state index in [0.29, 0.717) is 23.6 Å². The second kappa shape index (κ2) is 10.7. The first kappa shape index (κ1) is 21.0. The Labute approximate surface area is 168 Å². The summed E-state index contributed by atoms with van der Waals surface area (Å²) in [6.45, 7) is 4.35. The van der Waals surface area contributed by atoms with Crippen molar-refractivity contribution in [2.75, 3.05) is 18.5 Å². The van der Waals surface area contributed by atoms with Crippen molar-refractivity contribution in [3.8, 4) is 5.75 Å². The molecule has 2 aromatic carbocycles. The third kappa shape index (κ3) is 6.71. The van der Waals surface area contributed by atoms with E-state index < -0.39 is 0 Å². The van der Waals surface area contributed by atoms with Crippen molar-refractivity contribution in [3.05, 3.63) is 58.1 Å². The molecule has 1 N–H and O–H groups in total. The molecule has 0 bridgehead atoms. The minimum absolute atomic E-state index is 0.105. The molecule has 5 nitrogen and oxygen atoms in total. The van der Waals surface area contributed by atoms with E-state index in [1.54, 1.807) is 24.3 Å². The Hall–Kier alpha value is -2.34. The van der Waals surface area contributed by atoms with Crippen LogP contribution in [0.25, 0.3) is 0 Å². The number of anilines is 1. The third-order valence-corrected chi connectivity index (χ3v) is 4.36. The Morgan fingerprint density at radius 3 is 2.41 bits per heavy atom. The average molecular weight is 434 g/mol. The lowest BCUT2D eigenvalue weighted by molar-refractivity contribution is -0.118. The molecule has 144 valence electrons. The van der Waals surface area contributed by atoms with Gasteiger partial charge in [0.05, 0.1) is 16.6 Å². The minimum Gasteiger partial charge on any atom is -0.483 e. The maximum atomic E-state index is 12.1. The number of ether oxygens (including phenoxy) is 2. The average Bonchev–Trinajstić information content (AvgIpc) is 2.66. The lowest BCUT2D eigenvalue weighted by Gasteiger charge is -2.10. The van der Waals surface area contributed by atoms with Gasteiger partial charge in [0, 0.05) is 5.69 Å². The Balaban J connectivity index is 1.86. The van der Waals surface area contributed by atoms with Crippen molar-refractivity contribution >= 4 is 33.5 Å². The number of benzene rings is 2. The summed E-state index contributed by atoms with van der Waals surface area (Å²) < 4.78 is 11.5. The number of rotatable bonds is 9. The Kier molecular flexibility index (Phi) is 8.33. The maximum absolute atomic E-state index is 12.1. The molecule has 0 aromatic heterocycles. The van der Waals surface area contributed by atoms with Crippen LogP contribution in [0.1, 0.15) is 42.6 Å². The summed E-state index contributed by atoms with van der Waals surface area (Å²) in [6, 6.07) is 12.4. The molecule has 0 aliphatic rings. The van der Waals surface area contributed by atoms with E-state index in [1.165, 1.54) is 5.56 Å². The number of hydrogen-bond acceptors (Lipinski definition) is 4. The fourth-order valence-electron chi connectivity index (χ4n) is 2.41. The van der Waals surface area contributed by atoms with Crippen LogP contribution < -0.4 is 10.1 Å². The minimum atomic E-state index is -0.366. The molecule has 2 rings (SSSR count). The normalized spacial score (nSPS) is 10.3. The van der Waals surface area contributed by atoms with E-state index in [0.717, 1.165) is 23.7 Å². The van der Waals surface area contributed by atoms with Crippen molar-refractivity contribution in [2.45, 2.75) is 33.1 Å². The van der Waals surface area contributed by atoms with Crippen LogP contribution in [-0.4, -0.2) is 25.1 Å². The van der Waals surface area contributed by atoms with E-state index in [4.69, 9.17) is 9.47 Å². The predicted molar refractivity (Wildman–Crippen MR) is 109 cm³/mol. The highest BCUT2D eigenvalue weighted by atomic mass is 79.9. The van der Waals surface area contributed by atoms with Gasteiger partial charge in [0.1, 0.15) is 5.75 Å². The number of carbonyl (C=O) groups is 2. The molecule has 0 heterocycles. The van der Waals surface area contributed by atoms with Gasteiger partial charge in [0.2, 0.25) is 0 Å². The lowest BCUT2D eigenvalue weighted by atomic mass is 10.1. The lowest BCUT2D eigenvalue weighted by Crippen LogP contribution is -2.20. The molecule has 0 saturated heterocycles. The molecule has 0 fully saturated rings. The zero-order valence-corrected chi connectivity index (χ0v) is 17.2. The molecule has 2 aromatic rings. The monoisotopic (exact) mass is 433 g/mol. The maximum Gasteiger partial charge on any atom is 0.338 e. The van der Waals surface area contributed by atoms with Gasteiger partial charge < -0.3 is 14.8 Å². The first-order valence-corrected chi connectivity index (χ1v) is 9.81. The Morgan fingerprint density at radius 2 is 1.78 bits per heavy atom. The smallest absolute Gasteiger partial charge is 0.338 e. The highest BCUT2D eigenvalue weighted by Gasteiger charge is 2.09. The summed E-state index contributed by atoms with van der Waals surface area (Å²) in [7, 11) is 0. The van der Waals surface area contributed by atoms with Gasteiger partial charge in [-0.1, -0.05) is 26.3 Å². The third-order valence-electron chi connectivity index (χ3n) is 3.74. The van der Waals surface area contributed by atoms with Gasteiger partial charge in [-0.2, -0.15) is 0 Å².